The summed E-state index contributed by atoms with van der Waals surface area (Å²) >= 11 is 2.09. The van der Waals surface area contributed by atoms with Crippen molar-refractivity contribution in [3.63, 3.8) is 0 Å². The largest absolute Gasteiger partial charge is 0.314 e. The monoisotopic (exact) mass is 270 g/mol. The third-order valence-electron chi connectivity index (χ3n) is 5.23. The van der Waals surface area contributed by atoms with Crippen LogP contribution in [0.25, 0.3) is 0 Å². The van der Waals surface area contributed by atoms with Gasteiger partial charge in [-0.3, -0.25) is 4.90 Å². The molecule has 5 atom stereocenters. The van der Waals surface area contributed by atoms with Crippen molar-refractivity contribution in [2.75, 3.05) is 19.3 Å². The maximum Gasteiger partial charge on any atom is 0.0217 e. The van der Waals surface area contributed by atoms with Crippen LogP contribution in [0, 0.1) is 5.92 Å². The Morgan fingerprint density at radius 1 is 1.22 bits per heavy atom. The minimum atomic E-state index is 0.732. The van der Waals surface area contributed by atoms with Crippen LogP contribution < -0.4 is 5.32 Å². The van der Waals surface area contributed by atoms with E-state index in [1.165, 1.54) is 32.2 Å². The molecule has 2 nitrogen and oxygen atoms in total. The second kappa shape index (κ2) is 6.62. The maximum atomic E-state index is 3.67. The van der Waals surface area contributed by atoms with Crippen LogP contribution in [0.5, 0.6) is 0 Å². The molecule has 1 aliphatic carbocycles. The minimum absolute atomic E-state index is 0.732. The molecule has 5 unspecified atom stereocenters. The van der Waals surface area contributed by atoms with Crippen LogP contribution >= 0.6 is 11.8 Å². The number of nitrogens with one attached hydrogen (secondary N) is 1. The molecule has 3 heteroatoms. The second-order valence-electron chi connectivity index (χ2n) is 6.06. The molecule has 1 heterocycles. The summed E-state index contributed by atoms with van der Waals surface area (Å²) in [5, 5.41) is 4.55. The SMILES string of the molecule is CCNC1CCN(C2CCCC2SC)C(C)C1C. The van der Waals surface area contributed by atoms with Crippen LogP contribution in [0.1, 0.15) is 46.5 Å². The number of thioether (sulfide) groups is 1. The number of hydrogen-bond acceptors (Lipinski definition) is 3. The van der Waals surface area contributed by atoms with Gasteiger partial charge in [-0.15, -0.1) is 0 Å². The number of rotatable bonds is 4. The van der Waals surface area contributed by atoms with E-state index in [1.54, 1.807) is 0 Å². The molecule has 0 amide bonds. The summed E-state index contributed by atoms with van der Waals surface area (Å²) in [7, 11) is 0. The van der Waals surface area contributed by atoms with Gasteiger partial charge in [0.25, 0.3) is 0 Å². The first kappa shape index (κ1) is 14.7. The fourth-order valence-electron chi connectivity index (χ4n) is 3.97. The van der Waals surface area contributed by atoms with Crippen molar-refractivity contribution in [1.29, 1.82) is 0 Å². The van der Waals surface area contributed by atoms with Crippen LogP contribution in [0.3, 0.4) is 0 Å². The molecule has 0 aromatic heterocycles. The zero-order chi connectivity index (χ0) is 13.1. The van der Waals surface area contributed by atoms with E-state index in [9.17, 15) is 0 Å². The normalized spacial score (nSPS) is 42.3. The topological polar surface area (TPSA) is 15.3 Å². The van der Waals surface area contributed by atoms with Crippen LogP contribution in [0.2, 0.25) is 0 Å². The van der Waals surface area contributed by atoms with E-state index in [2.05, 4.69) is 49.0 Å². The van der Waals surface area contributed by atoms with E-state index in [0.717, 1.165) is 35.8 Å². The average Bonchev–Trinajstić information content (AvgIpc) is 2.83. The number of hydrogen-bond donors (Lipinski definition) is 1. The quantitative estimate of drug-likeness (QED) is 0.845. The standard InChI is InChI=1S/C15H30N2S/c1-5-16-13-9-10-17(12(3)11(13)2)14-7-6-8-15(14)18-4/h11-16H,5-10H2,1-4H3. The molecule has 0 aromatic carbocycles. The Balaban J connectivity index is 1.99. The van der Waals surface area contributed by atoms with Gasteiger partial charge in [0, 0.05) is 29.9 Å². The molecule has 0 spiro atoms. The molecule has 1 N–H and O–H groups in total. The van der Waals surface area contributed by atoms with Crippen LogP contribution in [0.15, 0.2) is 0 Å². The van der Waals surface area contributed by atoms with E-state index >= 15 is 0 Å². The van der Waals surface area contributed by atoms with Gasteiger partial charge >= 0.3 is 0 Å². The highest BCUT2D eigenvalue weighted by molar-refractivity contribution is 7.99. The first-order chi connectivity index (χ1) is 8.69. The van der Waals surface area contributed by atoms with Gasteiger partial charge in [0.2, 0.25) is 0 Å². The first-order valence-corrected chi connectivity index (χ1v) is 8.99. The van der Waals surface area contributed by atoms with Gasteiger partial charge in [-0.25, -0.2) is 0 Å². The van der Waals surface area contributed by atoms with Crippen molar-refractivity contribution in [1.82, 2.24) is 10.2 Å². The molecular weight excluding hydrogens is 240 g/mol. The van der Waals surface area contributed by atoms with E-state index in [1.807, 2.05) is 0 Å². The van der Waals surface area contributed by atoms with Gasteiger partial charge in [0.15, 0.2) is 0 Å². The number of piperidine rings is 1. The summed E-state index contributed by atoms with van der Waals surface area (Å²) < 4.78 is 0. The highest BCUT2D eigenvalue weighted by Gasteiger charge is 2.39. The van der Waals surface area contributed by atoms with Gasteiger partial charge in [-0.05, 0) is 44.9 Å². The molecule has 2 rings (SSSR count). The van der Waals surface area contributed by atoms with Crippen molar-refractivity contribution in [2.45, 2.75) is 69.8 Å². The molecule has 2 fully saturated rings. The Kier molecular flexibility index (Phi) is 5.40. The summed E-state index contributed by atoms with van der Waals surface area (Å²) in [5.41, 5.74) is 0. The van der Waals surface area contributed by atoms with Gasteiger partial charge in [0.05, 0.1) is 0 Å². The smallest absolute Gasteiger partial charge is 0.0217 e. The zero-order valence-electron chi connectivity index (χ0n) is 12.5. The fraction of sp³-hybridized carbons (Fsp3) is 1.00. The van der Waals surface area contributed by atoms with Crippen molar-refractivity contribution < 1.29 is 0 Å². The van der Waals surface area contributed by atoms with Crippen molar-refractivity contribution in [3.8, 4) is 0 Å². The highest BCUT2D eigenvalue weighted by atomic mass is 32.2. The Morgan fingerprint density at radius 3 is 2.67 bits per heavy atom. The zero-order valence-corrected chi connectivity index (χ0v) is 13.3. The summed E-state index contributed by atoms with van der Waals surface area (Å²) in [4.78, 5) is 2.83. The molecule has 2 aliphatic rings. The molecule has 1 aliphatic heterocycles. The van der Waals surface area contributed by atoms with Crippen LogP contribution in [-0.4, -0.2) is 47.6 Å². The third kappa shape index (κ3) is 2.88. The van der Waals surface area contributed by atoms with E-state index in [-0.39, 0.29) is 0 Å². The van der Waals surface area contributed by atoms with Gasteiger partial charge in [-0.2, -0.15) is 11.8 Å². The second-order valence-corrected chi connectivity index (χ2v) is 7.14. The molecule has 1 saturated carbocycles. The predicted molar refractivity (Wildman–Crippen MR) is 82.4 cm³/mol. The molecule has 106 valence electrons. The molecule has 18 heavy (non-hydrogen) atoms. The Morgan fingerprint density at radius 2 is 2.00 bits per heavy atom. The lowest BCUT2D eigenvalue weighted by Crippen LogP contribution is -2.57. The van der Waals surface area contributed by atoms with Crippen molar-refractivity contribution in [3.05, 3.63) is 0 Å². The predicted octanol–water partition coefficient (Wildman–Crippen LogP) is 2.98. The Labute approximate surface area is 117 Å². The summed E-state index contributed by atoms with van der Waals surface area (Å²) in [5.74, 6) is 0.779. The Bertz CT molecular complexity index is 259. The number of likely N-dealkylation sites (tertiary alicyclic amines) is 1. The summed E-state index contributed by atoms with van der Waals surface area (Å²) in [6.45, 7) is 9.52. The lowest BCUT2D eigenvalue weighted by atomic mass is 9.85. The van der Waals surface area contributed by atoms with E-state index < -0.39 is 0 Å². The molecule has 0 radical (unpaired) electrons. The van der Waals surface area contributed by atoms with Crippen molar-refractivity contribution >= 4 is 11.8 Å². The van der Waals surface area contributed by atoms with Gasteiger partial charge < -0.3 is 5.32 Å². The Hall–Kier alpha value is 0.270. The van der Waals surface area contributed by atoms with Gasteiger partial charge in [-0.1, -0.05) is 20.3 Å². The average molecular weight is 270 g/mol. The minimum Gasteiger partial charge on any atom is -0.314 e. The summed E-state index contributed by atoms with van der Waals surface area (Å²) in [6, 6.07) is 2.32. The van der Waals surface area contributed by atoms with Gasteiger partial charge in [0.1, 0.15) is 0 Å². The van der Waals surface area contributed by atoms with Crippen LogP contribution in [0.4, 0.5) is 0 Å². The lowest BCUT2D eigenvalue weighted by molar-refractivity contribution is 0.0510. The lowest BCUT2D eigenvalue weighted by Gasteiger charge is -2.47. The molecule has 0 bridgehead atoms. The molecular formula is C15H30N2S. The van der Waals surface area contributed by atoms with E-state index in [4.69, 9.17) is 0 Å². The van der Waals surface area contributed by atoms with E-state index in [0.29, 0.717) is 0 Å². The first-order valence-electron chi connectivity index (χ1n) is 7.71. The fourth-order valence-corrected chi connectivity index (χ4v) is 4.98. The number of nitrogens with zero attached hydrogens (tertiary/aromatic N) is 1. The highest BCUT2D eigenvalue weighted by Crippen LogP contribution is 2.36. The molecule has 0 aromatic rings. The molecule has 1 saturated heterocycles. The summed E-state index contributed by atoms with van der Waals surface area (Å²) in [6.07, 6.45) is 7.92. The van der Waals surface area contributed by atoms with Crippen molar-refractivity contribution in [2.24, 2.45) is 5.92 Å². The van der Waals surface area contributed by atoms with Crippen LogP contribution in [-0.2, 0) is 0 Å². The third-order valence-corrected chi connectivity index (χ3v) is 6.39. The maximum absolute atomic E-state index is 3.67.